The first kappa shape index (κ1) is 25.8. The van der Waals surface area contributed by atoms with Crippen LogP contribution in [0.5, 0.6) is 0 Å². The van der Waals surface area contributed by atoms with Crippen molar-refractivity contribution in [2.45, 2.75) is 38.0 Å². The summed E-state index contributed by atoms with van der Waals surface area (Å²) in [7, 11) is 0. The van der Waals surface area contributed by atoms with Crippen LogP contribution in [0.25, 0.3) is 0 Å². The highest BCUT2D eigenvalue weighted by Gasteiger charge is 2.37. The molecule has 0 saturated heterocycles. The van der Waals surface area contributed by atoms with E-state index in [9.17, 15) is 4.79 Å². The Morgan fingerprint density at radius 1 is 0.722 bits per heavy atom. The Balaban J connectivity index is 1.54. The number of aryl methyl sites for hydroxylation is 1. The molecule has 0 aliphatic heterocycles. The summed E-state index contributed by atoms with van der Waals surface area (Å²) in [5.41, 5.74) is 5.92. The largest absolute Gasteiger partial charge is 0.461 e. The Morgan fingerprint density at radius 3 is 1.61 bits per heavy atom. The second-order valence-electron chi connectivity index (χ2n) is 9.17. The first-order valence-corrected chi connectivity index (χ1v) is 13.7. The van der Waals surface area contributed by atoms with Gasteiger partial charge < -0.3 is 4.74 Å². The Labute approximate surface area is 219 Å². The van der Waals surface area contributed by atoms with E-state index >= 15 is 0 Å². The number of hydrogen-bond acceptors (Lipinski definition) is 3. The number of thioether (sulfide) groups is 1. The number of ether oxygens (including phenoxy) is 1. The van der Waals surface area contributed by atoms with Crippen molar-refractivity contribution in [1.82, 2.24) is 0 Å². The summed E-state index contributed by atoms with van der Waals surface area (Å²) < 4.78 is 5.28. The molecule has 0 fully saturated rings. The van der Waals surface area contributed by atoms with Gasteiger partial charge in [0.05, 0.1) is 10.7 Å². The zero-order valence-electron chi connectivity index (χ0n) is 21.1. The summed E-state index contributed by atoms with van der Waals surface area (Å²) in [5.74, 6) is 0.223. The van der Waals surface area contributed by atoms with Gasteiger partial charge in [-0.05, 0) is 34.2 Å². The molecule has 0 heterocycles. The van der Waals surface area contributed by atoms with Crippen LogP contribution in [0.15, 0.2) is 115 Å². The van der Waals surface area contributed by atoms with Crippen LogP contribution < -0.4 is 0 Å². The molecule has 0 N–H and O–H groups in total. The highest BCUT2D eigenvalue weighted by atomic mass is 32.2. The van der Waals surface area contributed by atoms with Crippen molar-refractivity contribution in [3.05, 3.63) is 143 Å². The first-order chi connectivity index (χ1) is 17.6. The molecule has 0 unspecified atom stereocenters. The fourth-order valence-corrected chi connectivity index (χ4v) is 6.02. The molecule has 0 saturated carbocycles. The van der Waals surface area contributed by atoms with Crippen molar-refractivity contribution in [2.24, 2.45) is 5.92 Å². The molecule has 4 aromatic carbocycles. The summed E-state index contributed by atoms with van der Waals surface area (Å²) in [6, 6.07) is 40.1. The van der Waals surface area contributed by atoms with E-state index in [2.05, 4.69) is 104 Å². The molecular formula is C33H34O2S. The second kappa shape index (κ2) is 12.6. The zero-order valence-corrected chi connectivity index (χ0v) is 21.9. The van der Waals surface area contributed by atoms with Crippen LogP contribution in [0.2, 0.25) is 0 Å². The maximum atomic E-state index is 13.0. The molecule has 1 atom stereocenters. The van der Waals surface area contributed by atoms with E-state index in [-0.39, 0.29) is 11.9 Å². The zero-order chi connectivity index (χ0) is 25.2. The monoisotopic (exact) mass is 494 g/mol. The van der Waals surface area contributed by atoms with E-state index in [0.717, 1.165) is 18.4 Å². The van der Waals surface area contributed by atoms with Crippen LogP contribution in [0.3, 0.4) is 0 Å². The van der Waals surface area contributed by atoms with Crippen LogP contribution in [0.1, 0.15) is 48.1 Å². The van der Waals surface area contributed by atoms with E-state index in [0.29, 0.717) is 12.4 Å². The third-order valence-corrected chi connectivity index (χ3v) is 8.24. The third-order valence-electron chi connectivity index (χ3n) is 6.44. The minimum Gasteiger partial charge on any atom is -0.461 e. The molecule has 4 rings (SSSR count). The topological polar surface area (TPSA) is 26.3 Å². The number of esters is 1. The fourth-order valence-electron chi connectivity index (χ4n) is 4.47. The van der Waals surface area contributed by atoms with E-state index in [1.54, 1.807) is 11.8 Å². The van der Waals surface area contributed by atoms with Gasteiger partial charge in [0.2, 0.25) is 0 Å². The van der Waals surface area contributed by atoms with E-state index in [1.807, 2.05) is 25.1 Å². The van der Waals surface area contributed by atoms with E-state index in [4.69, 9.17) is 4.74 Å². The van der Waals surface area contributed by atoms with Crippen LogP contribution in [0.4, 0.5) is 0 Å². The molecule has 3 heteroatoms. The summed E-state index contributed by atoms with van der Waals surface area (Å²) >= 11 is 1.79. The standard InChI is InChI=1S/C33H34O2S/c1-3-13-27-20-22-28(23-21-27)24-35-32(34)26(2)25-36-33(29-14-7-4-8-15-29,30-16-9-5-10-17-30)31-18-11-6-12-19-31/h4-12,14-23,26H,3,13,24-25H2,1-2H3/t26-/m0/s1. The summed E-state index contributed by atoms with van der Waals surface area (Å²) in [6.07, 6.45) is 2.19. The van der Waals surface area contributed by atoms with Gasteiger partial charge in [-0.1, -0.05) is 136 Å². The van der Waals surface area contributed by atoms with Crippen LogP contribution >= 0.6 is 11.8 Å². The summed E-state index contributed by atoms with van der Waals surface area (Å²) in [6.45, 7) is 4.45. The third kappa shape index (κ3) is 6.09. The Bertz CT molecular complexity index is 1110. The van der Waals surface area contributed by atoms with Gasteiger partial charge in [-0.15, -0.1) is 11.8 Å². The van der Waals surface area contributed by atoms with Gasteiger partial charge >= 0.3 is 5.97 Å². The van der Waals surface area contributed by atoms with Crippen molar-refractivity contribution in [2.75, 3.05) is 5.75 Å². The molecule has 36 heavy (non-hydrogen) atoms. The first-order valence-electron chi connectivity index (χ1n) is 12.7. The lowest BCUT2D eigenvalue weighted by Crippen LogP contribution is -2.28. The second-order valence-corrected chi connectivity index (χ2v) is 10.4. The minimum absolute atomic E-state index is 0.164. The van der Waals surface area contributed by atoms with Gasteiger partial charge in [0.25, 0.3) is 0 Å². The minimum atomic E-state index is -0.437. The normalized spacial score (nSPS) is 12.2. The smallest absolute Gasteiger partial charge is 0.309 e. The molecule has 0 aliphatic rings. The fraction of sp³-hybridized carbons (Fsp3) is 0.242. The van der Waals surface area contributed by atoms with E-state index in [1.165, 1.54) is 22.3 Å². The molecule has 0 aromatic heterocycles. The van der Waals surface area contributed by atoms with Crippen LogP contribution in [0, 0.1) is 5.92 Å². The molecule has 2 nitrogen and oxygen atoms in total. The number of carbonyl (C=O) groups excluding carboxylic acids is 1. The predicted molar refractivity (Wildman–Crippen MR) is 151 cm³/mol. The predicted octanol–water partition coefficient (Wildman–Crippen LogP) is 8.04. The highest BCUT2D eigenvalue weighted by molar-refractivity contribution is 8.00. The molecule has 184 valence electrons. The van der Waals surface area contributed by atoms with Gasteiger partial charge in [0.1, 0.15) is 6.61 Å². The van der Waals surface area contributed by atoms with Gasteiger partial charge in [0, 0.05) is 5.75 Å². The summed E-state index contributed by atoms with van der Waals surface area (Å²) in [4.78, 5) is 13.0. The maximum absolute atomic E-state index is 13.0. The number of carbonyl (C=O) groups is 1. The maximum Gasteiger partial charge on any atom is 0.309 e. The van der Waals surface area contributed by atoms with Crippen LogP contribution in [-0.2, 0) is 27.3 Å². The van der Waals surface area contributed by atoms with Crippen molar-refractivity contribution < 1.29 is 9.53 Å². The molecule has 0 aliphatic carbocycles. The van der Waals surface area contributed by atoms with Crippen molar-refractivity contribution in [3.63, 3.8) is 0 Å². The quantitative estimate of drug-likeness (QED) is 0.156. The molecule has 0 radical (unpaired) electrons. The van der Waals surface area contributed by atoms with Gasteiger partial charge in [0.15, 0.2) is 0 Å². The van der Waals surface area contributed by atoms with Gasteiger partial charge in [-0.25, -0.2) is 0 Å². The Morgan fingerprint density at radius 2 is 1.17 bits per heavy atom. The summed E-state index contributed by atoms with van der Waals surface area (Å²) in [5, 5.41) is 0. The average molecular weight is 495 g/mol. The molecular weight excluding hydrogens is 460 g/mol. The SMILES string of the molecule is CCCc1ccc(COC(=O)[C@@H](C)CSC(c2ccccc2)(c2ccccc2)c2ccccc2)cc1. The Hall–Kier alpha value is -3.30. The lowest BCUT2D eigenvalue weighted by Gasteiger charge is -2.36. The lowest BCUT2D eigenvalue weighted by molar-refractivity contribution is -0.148. The molecule has 0 bridgehead atoms. The Kier molecular flexibility index (Phi) is 9.02. The molecule has 4 aromatic rings. The van der Waals surface area contributed by atoms with E-state index < -0.39 is 4.75 Å². The van der Waals surface area contributed by atoms with Crippen LogP contribution in [-0.4, -0.2) is 11.7 Å². The molecule has 0 spiro atoms. The number of benzene rings is 4. The van der Waals surface area contributed by atoms with Crippen molar-refractivity contribution in [3.8, 4) is 0 Å². The van der Waals surface area contributed by atoms with Gasteiger partial charge in [-0.3, -0.25) is 4.79 Å². The number of rotatable bonds is 11. The highest BCUT2D eigenvalue weighted by Crippen LogP contribution is 2.49. The van der Waals surface area contributed by atoms with Crippen molar-refractivity contribution in [1.29, 1.82) is 0 Å². The lowest BCUT2D eigenvalue weighted by atomic mass is 9.84. The van der Waals surface area contributed by atoms with Gasteiger partial charge in [-0.2, -0.15) is 0 Å². The average Bonchev–Trinajstić information content (AvgIpc) is 2.94. The molecule has 0 amide bonds. The van der Waals surface area contributed by atoms with Crippen molar-refractivity contribution >= 4 is 17.7 Å². The number of hydrogen-bond donors (Lipinski definition) is 0.